The summed E-state index contributed by atoms with van der Waals surface area (Å²) in [5, 5.41) is 2.79. The van der Waals surface area contributed by atoms with E-state index in [1.54, 1.807) is 0 Å². The minimum Gasteiger partial charge on any atom is -0.491 e. The highest BCUT2D eigenvalue weighted by atomic mass is 35.5. The Balaban J connectivity index is 0.00000392. The summed E-state index contributed by atoms with van der Waals surface area (Å²) in [6.45, 7) is 7.25. The highest BCUT2D eigenvalue weighted by molar-refractivity contribution is 5.86. The first-order valence-corrected chi connectivity index (χ1v) is 10.3. The number of morpholine rings is 1. The zero-order valence-electron chi connectivity index (χ0n) is 17.0. The van der Waals surface area contributed by atoms with Crippen LogP contribution in [-0.4, -0.2) is 57.1 Å². The van der Waals surface area contributed by atoms with Crippen molar-refractivity contribution in [3.05, 3.63) is 24.3 Å². The highest BCUT2D eigenvalue weighted by Crippen LogP contribution is 2.24. The molecule has 160 valence electrons. The lowest BCUT2D eigenvalue weighted by atomic mass is 10.1. The number of anilines is 1. The third-order valence-electron chi connectivity index (χ3n) is 4.62. The van der Waals surface area contributed by atoms with Gasteiger partial charge in [0, 0.05) is 19.6 Å². The molecule has 1 heterocycles. The number of carbonyl (C=O) groups is 1. The summed E-state index contributed by atoms with van der Waals surface area (Å²) < 4.78 is 16.5. The fraction of sp³-hybridized carbons (Fsp3) is 0.667. The number of rotatable bonds is 12. The van der Waals surface area contributed by atoms with Gasteiger partial charge in [-0.05, 0) is 18.6 Å². The van der Waals surface area contributed by atoms with Gasteiger partial charge in [-0.1, -0.05) is 51.2 Å². The van der Waals surface area contributed by atoms with E-state index in [0.29, 0.717) is 24.7 Å². The number of nitrogens with one attached hydrogen (secondary N) is 1. The van der Waals surface area contributed by atoms with Crippen LogP contribution in [-0.2, 0) is 9.47 Å². The predicted octanol–water partition coefficient (Wildman–Crippen LogP) is 4.73. The van der Waals surface area contributed by atoms with Gasteiger partial charge in [0.15, 0.2) is 0 Å². The number of benzene rings is 1. The van der Waals surface area contributed by atoms with Gasteiger partial charge in [0.1, 0.15) is 12.4 Å². The van der Waals surface area contributed by atoms with Crippen molar-refractivity contribution in [3.8, 4) is 5.75 Å². The molecule has 7 heteroatoms. The van der Waals surface area contributed by atoms with Crippen molar-refractivity contribution in [1.82, 2.24) is 4.90 Å². The Morgan fingerprint density at radius 2 is 1.79 bits per heavy atom. The molecule has 1 aliphatic rings. The Kier molecular flexibility index (Phi) is 13.5. The first-order valence-electron chi connectivity index (χ1n) is 10.3. The van der Waals surface area contributed by atoms with Gasteiger partial charge in [0.2, 0.25) is 0 Å². The molecule has 1 N–H and O–H groups in total. The smallest absolute Gasteiger partial charge is 0.411 e. The van der Waals surface area contributed by atoms with Gasteiger partial charge in [-0.25, -0.2) is 4.79 Å². The molecule has 0 spiro atoms. The van der Waals surface area contributed by atoms with Gasteiger partial charge < -0.3 is 14.2 Å². The molecule has 0 atom stereocenters. The molecule has 6 nitrogen and oxygen atoms in total. The van der Waals surface area contributed by atoms with Crippen molar-refractivity contribution in [2.45, 2.75) is 45.4 Å². The van der Waals surface area contributed by atoms with Crippen molar-refractivity contribution in [2.75, 3.05) is 51.4 Å². The van der Waals surface area contributed by atoms with E-state index in [1.165, 1.54) is 32.1 Å². The Hall–Kier alpha value is -1.50. The number of ether oxygens (including phenoxy) is 3. The number of carbonyl (C=O) groups excluding carboxylic acids is 1. The molecule has 0 radical (unpaired) electrons. The minimum absolute atomic E-state index is 0. The van der Waals surface area contributed by atoms with Crippen LogP contribution in [0.2, 0.25) is 0 Å². The van der Waals surface area contributed by atoms with Crippen LogP contribution in [0.25, 0.3) is 0 Å². The Morgan fingerprint density at radius 1 is 1.07 bits per heavy atom. The summed E-state index contributed by atoms with van der Waals surface area (Å²) in [6, 6.07) is 7.49. The normalized spacial score (nSPS) is 14.2. The fourth-order valence-corrected chi connectivity index (χ4v) is 3.00. The Morgan fingerprint density at radius 3 is 2.57 bits per heavy atom. The van der Waals surface area contributed by atoms with Crippen molar-refractivity contribution >= 4 is 24.2 Å². The van der Waals surface area contributed by atoms with Crippen LogP contribution >= 0.6 is 12.4 Å². The second kappa shape index (κ2) is 15.4. The van der Waals surface area contributed by atoms with Gasteiger partial charge in [-0.2, -0.15) is 0 Å². The number of hydrogen-bond acceptors (Lipinski definition) is 5. The number of amides is 1. The number of para-hydroxylation sites is 2. The second-order valence-corrected chi connectivity index (χ2v) is 6.83. The standard InChI is InChI=1S/C21H34N2O4.ClH/c1-2-3-4-5-6-9-15-26-20-11-8-7-10-19(20)22-21(24)27-18-14-23-12-16-25-17-13-23;/h7-8,10-11H,2-6,9,12-18H2,1H3,(H,22,24);1H. The zero-order valence-corrected chi connectivity index (χ0v) is 17.8. The van der Waals surface area contributed by atoms with E-state index < -0.39 is 6.09 Å². The molecule has 1 aromatic carbocycles. The first kappa shape index (κ1) is 24.5. The summed E-state index contributed by atoms with van der Waals surface area (Å²) in [4.78, 5) is 14.3. The molecule has 1 aromatic rings. The molecular weight excluding hydrogens is 380 g/mol. The molecule has 0 saturated carbocycles. The van der Waals surface area contributed by atoms with Crippen molar-refractivity contribution in [2.24, 2.45) is 0 Å². The molecule has 0 unspecified atom stereocenters. The van der Waals surface area contributed by atoms with E-state index in [2.05, 4.69) is 17.1 Å². The molecule has 2 rings (SSSR count). The summed E-state index contributed by atoms with van der Waals surface area (Å²) in [6.07, 6.45) is 6.89. The Bertz CT molecular complexity index is 539. The topological polar surface area (TPSA) is 60.0 Å². The quantitative estimate of drug-likeness (QED) is 0.501. The number of nitrogens with zero attached hydrogens (tertiary/aromatic N) is 1. The molecule has 1 amide bonds. The molecule has 28 heavy (non-hydrogen) atoms. The summed E-state index contributed by atoms with van der Waals surface area (Å²) >= 11 is 0. The molecular formula is C21H35ClN2O4. The van der Waals surface area contributed by atoms with Gasteiger partial charge in [0.05, 0.1) is 25.5 Å². The number of unbranched alkanes of at least 4 members (excludes halogenated alkanes) is 5. The van der Waals surface area contributed by atoms with Crippen LogP contribution in [0.4, 0.5) is 10.5 Å². The van der Waals surface area contributed by atoms with Gasteiger partial charge in [-0.3, -0.25) is 10.2 Å². The highest BCUT2D eigenvalue weighted by Gasteiger charge is 2.12. The SMILES string of the molecule is CCCCCCCCOc1ccccc1NC(=O)OCCN1CCOCC1.Cl. The third-order valence-corrected chi connectivity index (χ3v) is 4.62. The second-order valence-electron chi connectivity index (χ2n) is 6.83. The van der Waals surface area contributed by atoms with Gasteiger partial charge >= 0.3 is 6.09 Å². The maximum atomic E-state index is 12.1. The molecule has 0 aromatic heterocycles. The molecule has 1 aliphatic heterocycles. The maximum absolute atomic E-state index is 12.1. The number of hydrogen-bond donors (Lipinski definition) is 1. The first-order chi connectivity index (χ1) is 13.3. The van der Waals surface area contributed by atoms with Crippen LogP contribution in [0.1, 0.15) is 45.4 Å². The van der Waals surface area contributed by atoms with Crippen molar-refractivity contribution in [3.63, 3.8) is 0 Å². The van der Waals surface area contributed by atoms with Crippen LogP contribution < -0.4 is 10.1 Å². The van der Waals surface area contributed by atoms with Gasteiger partial charge in [-0.15, -0.1) is 12.4 Å². The zero-order chi connectivity index (χ0) is 19.2. The minimum atomic E-state index is -0.445. The van der Waals surface area contributed by atoms with E-state index in [0.717, 1.165) is 39.3 Å². The van der Waals surface area contributed by atoms with Gasteiger partial charge in [0.25, 0.3) is 0 Å². The monoisotopic (exact) mass is 414 g/mol. The fourth-order valence-electron chi connectivity index (χ4n) is 3.00. The maximum Gasteiger partial charge on any atom is 0.411 e. The van der Waals surface area contributed by atoms with Crippen LogP contribution in [0.3, 0.4) is 0 Å². The van der Waals surface area contributed by atoms with Crippen LogP contribution in [0, 0.1) is 0 Å². The lowest BCUT2D eigenvalue weighted by Crippen LogP contribution is -2.38. The van der Waals surface area contributed by atoms with Crippen LogP contribution in [0.5, 0.6) is 5.75 Å². The average Bonchev–Trinajstić information content (AvgIpc) is 2.69. The van der Waals surface area contributed by atoms with Crippen molar-refractivity contribution in [1.29, 1.82) is 0 Å². The summed E-state index contributed by atoms with van der Waals surface area (Å²) in [5.74, 6) is 0.691. The van der Waals surface area contributed by atoms with E-state index in [-0.39, 0.29) is 12.4 Å². The van der Waals surface area contributed by atoms with E-state index in [9.17, 15) is 4.79 Å². The molecule has 0 aliphatic carbocycles. The summed E-state index contributed by atoms with van der Waals surface area (Å²) in [5.41, 5.74) is 0.653. The lowest BCUT2D eigenvalue weighted by molar-refractivity contribution is 0.0290. The third kappa shape index (κ3) is 10.2. The lowest BCUT2D eigenvalue weighted by Gasteiger charge is -2.26. The average molecular weight is 415 g/mol. The Labute approximate surface area is 175 Å². The van der Waals surface area contributed by atoms with Crippen LogP contribution in [0.15, 0.2) is 24.3 Å². The predicted molar refractivity (Wildman–Crippen MR) is 115 cm³/mol. The van der Waals surface area contributed by atoms with Crippen molar-refractivity contribution < 1.29 is 19.0 Å². The van der Waals surface area contributed by atoms with E-state index in [1.807, 2.05) is 24.3 Å². The van der Waals surface area contributed by atoms with E-state index >= 15 is 0 Å². The molecule has 1 fully saturated rings. The largest absolute Gasteiger partial charge is 0.491 e. The summed E-state index contributed by atoms with van der Waals surface area (Å²) in [7, 11) is 0. The number of halogens is 1. The molecule has 0 bridgehead atoms. The van der Waals surface area contributed by atoms with E-state index in [4.69, 9.17) is 14.2 Å². The molecule has 1 saturated heterocycles.